The number of ether oxygens (including phenoxy) is 4. The average molecular weight is 426 g/mol. The number of methoxy groups -OCH3 is 3. The summed E-state index contributed by atoms with van der Waals surface area (Å²) in [4.78, 5) is 14.9. The maximum atomic E-state index is 12.4. The van der Waals surface area contributed by atoms with Gasteiger partial charge in [-0.25, -0.2) is 4.79 Å². The third-order valence-corrected chi connectivity index (χ3v) is 5.44. The van der Waals surface area contributed by atoms with Gasteiger partial charge in [0.05, 0.1) is 33.5 Å². The molecule has 166 valence electrons. The summed E-state index contributed by atoms with van der Waals surface area (Å²) >= 11 is 0. The molecule has 0 saturated heterocycles. The average Bonchev–Trinajstić information content (AvgIpc) is 2.83. The number of hydrogen-bond acceptors (Lipinski definition) is 6. The lowest BCUT2D eigenvalue weighted by molar-refractivity contribution is 0.0494. The van der Waals surface area contributed by atoms with Crippen molar-refractivity contribution in [3.8, 4) is 17.2 Å². The first-order chi connectivity index (χ1) is 15.2. The summed E-state index contributed by atoms with van der Waals surface area (Å²) in [6.07, 6.45) is 5.20. The van der Waals surface area contributed by atoms with Crippen molar-refractivity contribution in [1.29, 1.82) is 0 Å². The van der Waals surface area contributed by atoms with Crippen molar-refractivity contribution in [3.05, 3.63) is 59.7 Å². The SMILES string of the molecule is COc1cc(C(=O)OCCCCN2CC=C(c3ccccc3)CC2)cc(OC)c1OC. The van der Waals surface area contributed by atoms with Crippen molar-refractivity contribution in [2.24, 2.45) is 0 Å². The van der Waals surface area contributed by atoms with Crippen LogP contribution in [0.1, 0.15) is 35.2 Å². The van der Waals surface area contributed by atoms with Gasteiger partial charge in [-0.2, -0.15) is 0 Å². The molecule has 0 amide bonds. The van der Waals surface area contributed by atoms with Crippen LogP contribution in [0, 0.1) is 0 Å². The van der Waals surface area contributed by atoms with E-state index < -0.39 is 5.97 Å². The number of benzene rings is 2. The molecule has 0 N–H and O–H groups in total. The Labute approximate surface area is 184 Å². The van der Waals surface area contributed by atoms with Crippen LogP contribution in [0.4, 0.5) is 0 Å². The Hall–Kier alpha value is -2.99. The highest BCUT2D eigenvalue weighted by molar-refractivity contribution is 5.91. The van der Waals surface area contributed by atoms with Crippen LogP contribution >= 0.6 is 0 Å². The molecule has 6 nitrogen and oxygen atoms in total. The van der Waals surface area contributed by atoms with Crippen LogP contribution in [0.2, 0.25) is 0 Å². The maximum absolute atomic E-state index is 12.4. The fourth-order valence-corrected chi connectivity index (χ4v) is 3.71. The maximum Gasteiger partial charge on any atom is 0.338 e. The zero-order valence-corrected chi connectivity index (χ0v) is 18.6. The topological polar surface area (TPSA) is 57.2 Å². The standard InChI is InChI=1S/C25H31NO5/c1-28-22-17-21(18-23(29-2)24(22)30-3)25(27)31-16-8-7-13-26-14-11-20(12-15-26)19-9-5-4-6-10-19/h4-6,9-11,17-18H,7-8,12-16H2,1-3H3. The molecule has 2 aromatic rings. The predicted octanol–water partition coefficient (Wildman–Crippen LogP) is 4.44. The van der Waals surface area contributed by atoms with Crippen molar-refractivity contribution in [2.45, 2.75) is 19.3 Å². The van der Waals surface area contributed by atoms with E-state index in [4.69, 9.17) is 18.9 Å². The highest BCUT2D eigenvalue weighted by atomic mass is 16.5. The van der Waals surface area contributed by atoms with Crippen molar-refractivity contribution in [2.75, 3.05) is 47.6 Å². The van der Waals surface area contributed by atoms with Gasteiger partial charge in [-0.05, 0) is 49.1 Å². The van der Waals surface area contributed by atoms with Gasteiger partial charge in [0.2, 0.25) is 5.75 Å². The molecule has 1 aliphatic heterocycles. The minimum absolute atomic E-state index is 0.379. The lowest BCUT2D eigenvalue weighted by atomic mass is 9.99. The molecule has 31 heavy (non-hydrogen) atoms. The summed E-state index contributed by atoms with van der Waals surface area (Å²) < 4.78 is 21.3. The molecular weight excluding hydrogens is 394 g/mol. The molecular formula is C25H31NO5. The summed E-state index contributed by atoms with van der Waals surface area (Å²) in [6.45, 7) is 3.41. The van der Waals surface area contributed by atoms with Gasteiger partial charge in [-0.15, -0.1) is 0 Å². The fourth-order valence-electron chi connectivity index (χ4n) is 3.71. The van der Waals surface area contributed by atoms with Crippen molar-refractivity contribution < 1.29 is 23.7 Å². The van der Waals surface area contributed by atoms with Gasteiger partial charge in [0.1, 0.15) is 0 Å². The third kappa shape index (κ3) is 6.01. The summed E-state index contributed by atoms with van der Waals surface area (Å²) in [5.41, 5.74) is 3.13. The first-order valence-electron chi connectivity index (χ1n) is 10.6. The number of rotatable bonds is 10. The lowest BCUT2D eigenvalue weighted by Gasteiger charge is -2.26. The molecule has 0 saturated carbocycles. The smallest absolute Gasteiger partial charge is 0.338 e. The quantitative estimate of drug-likeness (QED) is 0.414. The minimum atomic E-state index is -0.396. The predicted molar refractivity (Wildman–Crippen MR) is 121 cm³/mol. The molecule has 0 bridgehead atoms. The second-order valence-corrected chi connectivity index (χ2v) is 7.40. The van der Waals surface area contributed by atoms with Gasteiger partial charge in [0.25, 0.3) is 0 Å². The Morgan fingerprint density at radius 1 is 0.968 bits per heavy atom. The van der Waals surface area contributed by atoms with E-state index in [9.17, 15) is 4.79 Å². The third-order valence-electron chi connectivity index (χ3n) is 5.44. The zero-order chi connectivity index (χ0) is 22.1. The van der Waals surface area contributed by atoms with Gasteiger partial charge in [-0.1, -0.05) is 36.4 Å². The first-order valence-corrected chi connectivity index (χ1v) is 10.6. The van der Waals surface area contributed by atoms with E-state index in [-0.39, 0.29) is 0 Å². The molecule has 6 heteroatoms. The zero-order valence-electron chi connectivity index (χ0n) is 18.6. The van der Waals surface area contributed by atoms with E-state index in [1.54, 1.807) is 12.1 Å². The normalized spacial score (nSPS) is 14.0. The molecule has 0 fully saturated rings. The number of unbranched alkanes of at least 4 members (excludes halogenated alkanes) is 1. The van der Waals surface area contributed by atoms with Crippen LogP contribution in [-0.2, 0) is 4.74 Å². The summed E-state index contributed by atoms with van der Waals surface area (Å²) in [7, 11) is 4.56. The molecule has 2 aromatic carbocycles. The molecule has 1 aliphatic rings. The summed E-state index contributed by atoms with van der Waals surface area (Å²) in [6, 6.07) is 13.8. The summed E-state index contributed by atoms with van der Waals surface area (Å²) in [5, 5.41) is 0. The second-order valence-electron chi connectivity index (χ2n) is 7.40. The molecule has 0 unspecified atom stereocenters. The minimum Gasteiger partial charge on any atom is -0.493 e. The number of carbonyl (C=O) groups is 1. The van der Waals surface area contributed by atoms with E-state index >= 15 is 0 Å². The second kappa shape index (κ2) is 11.4. The van der Waals surface area contributed by atoms with Crippen molar-refractivity contribution in [3.63, 3.8) is 0 Å². The number of esters is 1. The van der Waals surface area contributed by atoms with E-state index in [0.717, 1.165) is 38.9 Å². The summed E-state index contributed by atoms with van der Waals surface area (Å²) in [5.74, 6) is 0.920. The highest BCUT2D eigenvalue weighted by Gasteiger charge is 2.18. The van der Waals surface area contributed by atoms with Gasteiger partial charge in [-0.3, -0.25) is 4.90 Å². The molecule has 0 atom stereocenters. The van der Waals surface area contributed by atoms with E-state index in [2.05, 4.69) is 35.2 Å². The molecule has 3 rings (SSSR count). The van der Waals surface area contributed by atoms with E-state index in [1.807, 2.05) is 6.07 Å². The Bertz CT molecular complexity index is 869. The van der Waals surface area contributed by atoms with Crippen LogP contribution in [0.5, 0.6) is 17.2 Å². The van der Waals surface area contributed by atoms with E-state index in [0.29, 0.717) is 29.4 Å². The first kappa shape index (κ1) is 22.7. The lowest BCUT2D eigenvalue weighted by Crippen LogP contribution is -2.29. The number of hydrogen-bond donors (Lipinski definition) is 0. The van der Waals surface area contributed by atoms with Crippen LogP contribution in [0.3, 0.4) is 0 Å². The van der Waals surface area contributed by atoms with E-state index in [1.165, 1.54) is 32.5 Å². The highest BCUT2D eigenvalue weighted by Crippen LogP contribution is 2.38. The Morgan fingerprint density at radius 3 is 2.26 bits per heavy atom. The monoisotopic (exact) mass is 425 g/mol. The van der Waals surface area contributed by atoms with Crippen LogP contribution in [0.25, 0.3) is 5.57 Å². The number of nitrogens with zero attached hydrogens (tertiary/aromatic N) is 1. The van der Waals surface area contributed by atoms with Crippen molar-refractivity contribution >= 4 is 11.5 Å². The largest absolute Gasteiger partial charge is 0.493 e. The molecule has 0 aliphatic carbocycles. The molecule has 0 radical (unpaired) electrons. The van der Waals surface area contributed by atoms with Gasteiger partial charge >= 0.3 is 5.97 Å². The van der Waals surface area contributed by atoms with Crippen molar-refractivity contribution in [1.82, 2.24) is 4.90 Å². The van der Waals surface area contributed by atoms with Gasteiger partial charge < -0.3 is 18.9 Å². The molecule has 1 heterocycles. The van der Waals surface area contributed by atoms with Gasteiger partial charge in [0, 0.05) is 13.1 Å². The number of carbonyl (C=O) groups excluding carboxylic acids is 1. The molecule has 0 aromatic heterocycles. The Balaban J connectivity index is 1.41. The van der Waals surface area contributed by atoms with Gasteiger partial charge in [0.15, 0.2) is 11.5 Å². The Morgan fingerprint density at radius 2 is 1.68 bits per heavy atom. The van der Waals surface area contributed by atoms with Crippen LogP contribution in [-0.4, -0.2) is 58.4 Å². The van der Waals surface area contributed by atoms with Crippen LogP contribution < -0.4 is 14.2 Å². The Kier molecular flexibility index (Phi) is 8.35. The fraction of sp³-hybridized carbons (Fsp3) is 0.400. The molecule has 0 spiro atoms. The van der Waals surface area contributed by atoms with Crippen LogP contribution in [0.15, 0.2) is 48.5 Å².